The number of amidine groups is 1. The van der Waals surface area contributed by atoms with E-state index < -0.39 is 0 Å². The zero-order valence-corrected chi connectivity index (χ0v) is 6.97. The van der Waals surface area contributed by atoms with E-state index in [1.54, 1.807) is 0 Å². The largest absolute Gasteiger partial charge is 0.376 e. The lowest BCUT2D eigenvalue weighted by molar-refractivity contribution is 0.830. The molecule has 0 spiro atoms. The summed E-state index contributed by atoms with van der Waals surface area (Å²) in [5, 5.41) is 7.52. The van der Waals surface area contributed by atoms with Crippen LogP contribution in [0, 0.1) is 0 Å². The molecule has 7 N–H and O–H groups in total. The molecule has 72 valence electrons. The molecule has 0 atom stereocenters. The maximum atomic E-state index is 5.37. The van der Waals surface area contributed by atoms with Gasteiger partial charge in [-0.25, -0.2) is 0 Å². The molecule has 0 radical (unpaired) electrons. The van der Waals surface area contributed by atoms with Crippen molar-refractivity contribution in [1.29, 1.82) is 0 Å². The molecule has 2 rings (SSSR count). The Hall–Kier alpha value is -2.54. The first-order chi connectivity index (χ1) is 6.66. The standard InChI is InChI=1S/C5H7N9/c6-2-1-9-3(12-11-2)4-10-5(7)14(8)13-4/h11H,6,8H2,(H2,7,10,13). The third-order valence-electron chi connectivity index (χ3n) is 1.42. The van der Waals surface area contributed by atoms with Crippen molar-refractivity contribution in [1.82, 2.24) is 20.3 Å². The molecule has 0 fully saturated rings. The van der Waals surface area contributed by atoms with E-state index in [2.05, 4.69) is 31.5 Å². The van der Waals surface area contributed by atoms with Crippen molar-refractivity contribution in [2.24, 2.45) is 15.8 Å². The number of anilines is 1. The van der Waals surface area contributed by atoms with Crippen LogP contribution in [0.1, 0.15) is 5.82 Å². The Morgan fingerprint density at radius 1 is 1.36 bits per heavy atom. The van der Waals surface area contributed by atoms with Gasteiger partial charge in [0.1, 0.15) is 0 Å². The van der Waals surface area contributed by atoms with Crippen LogP contribution >= 0.6 is 0 Å². The number of nitrogen functional groups attached to an aromatic ring is 2. The molecule has 0 unspecified atom stereocenters. The van der Waals surface area contributed by atoms with Crippen LogP contribution in [0.15, 0.2) is 15.9 Å². The summed E-state index contributed by atoms with van der Waals surface area (Å²) in [6.07, 6.45) is 0. The number of nitrogens with one attached hydrogen (secondary N) is 1. The molecular formula is C5H7N9. The van der Waals surface area contributed by atoms with Crippen LogP contribution in [0.3, 0.4) is 0 Å². The molecule has 1 aromatic heterocycles. The number of hydrazone groups is 1. The van der Waals surface area contributed by atoms with Gasteiger partial charge < -0.3 is 17.3 Å². The lowest BCUT2D eigenvalue weighted by Crippen LogP contribution is -2.21. The van der Waals surface area contributed by atoms with Crippen LogP contribution in [0.5, 0.6) is 0 Å². The maximum absolute atomic E-state index is 5.37. The maximum Gasteiger partial charge on any atom is 0.239 e. The third kappa shape index (κ3) is 1.23. The second-order valence-corrected chi connectivity index (χ2v) is 2.42. The van der Waals surface area contributed by atoms with E-state index in [1.807, 2.05) is 0 Å². The van der Waals surface area contributed by atoms with Gasteiger partial charge in [0.05, 0.1) is 0 Å². The van der Waals surface area contributed by atoms with E-state index in [4.69, 9.17) is 17.3 Å². The highest BCUT2D eigenvalue weighted by molar-refractivity contribution is 6.00. The molecule has 2 heterocycles. The van der Waals surface area contributed by atoms with E-state index in [0.717, 1.165) is 4.79 Å². The van der Waals surface area contributed by atoms with Crippen LogP contribution in [0.4, 0.5) is 5.95 Å². The molecule has 1 aliphatic heterocycles. The summed E-state index contributed by atoms with van der Waals surface area (Å²) in [6, 6.07) is 0. The molecule has 0 aliphatic carbocycles. The predicted octanol–water partition coefficient (Wildman–Crippen LogP) is -2.69. The number of nitrogens with two attached hydrogens (primary N) is 3. The van der Waals surface area contributed by atoms with Crippen molar-refractivity contribution in [3.8, 4) is 0 Å². The summed E-state index contributed by atoms with van der Waals surface area (Å²) in [5.74, 6) is 8.50. The topological polar surface area (TPSA) is 146 Å². The van der Waals surface area contributed by atoms with Crippen molar-refractivity contribution >= 4 is 17.7 Å². The van der Waals surface area contributed by atoms with Gasteiger partial charge in [-0.2, -0.15) is 9.98 Å². The molecule has 0 aromatic carbocycles. The summed E-state index contributed by atoms with van der Waals surface area (Å²) in [6.45, 7) is 0. The van der Waals surface area contributed by atoms with Crippen molar-refractivity contribution in [3.63, 3.8) is 0 Å². The molecule has 9 nitrogen and oxygen atoms in total. The van der Waals surface area contributed by atoms with E-state index in [-0.39, 0.29) is 23.4 Å². The van der Waals surface area contributed by atoms with Crippen molar-refractivity contribution in [2.75, 3.05) is 11.6 Å². The normalized spacial score (nSPS) is 14.6. The van der Waals surface area contributed by atoms with Gasteiger partial charge in [0.15, 0.2) is 5.82 Å². The Labute approximate surface area is 78.0 Å². The Balaban J connectivity index is 2.38. The molecule has 0 bridgehead atoms. The number of rotatable bonds is 1. The third-order valence-corrected chi connectivity index (χ3v) is 1.42. The molecule has 14 heavy (non-hydrogen) atoms. The second kappa shape index (κ2) is 2.75. The fourth-order valence-corrected chi connectivity index (χ4v) is 0.806. The van der Waals surface area contributed by atoms with Gasteiger partial charge in [-0.15, -0.1) is 15.0 Å². The monoisotopic (exact) mass is 193 g/mol. The Bertz CT molecular complexity index is 440. The highest BCUT2D eigenvalue weighted by Gasteiger charge is 2.12. The highest BCUT2D eigenvalue weighted by Crippen LogP contribution is 2.00. The first-order valence-corrected chi connectivity index (χ1v) is 3.57. The van der Waals surface area contributed by atoms with Crippen LogP contribution in [0.25, 0.3) is 0 Å². The van der Waals surface area contributed by atoms with Crippen molar-refractivity contribution in [2.45, 2.75) is 0 Å². The van der Waals surface area contributed by atoms with Gasteiger partial charge in [-0.3, -0.25) is 5.43 Å². The van der Waals surface area contributed by atoms with Crippen LogP contribution in [-0.2, 0) is 0 Å². The van der Waals surface area contributed by atoms with Gasteiger partial charge in [0, 0.05) is 5.87 Å². The Morgan fingerprint density at radius 3 is 2.64 bits per heavy atom. The first-order valence-electron chi connectivity index (χ1n) is 3.57. The van der Waals surface area contributed by atoms with Crippen molar-refractivity contribution in [3.05, 3.63) is 11.6 Å². The lowest BCUT2D eigenvalue weighted by atomic mass is 10.5. The summed E-state index contributed by atoms with van der Waals surface area (Å²) >= 11 is 0. The van der Waals surface area contributed by atoms with Crippen molar-refractivity contribution < 1.29 is 0 Å². The van der Waals surface area contributed by atoms with Gasteiger partial charge >= 0.3 is 0 Å². The summed E-state index contributed by atoms with van der Waals surface area (Å²) in [5.41, 5.74) is 13.1. The number of hydrogen-bond acceptors (Lipinski definition) is 8. The van der Waals surface area contributed by atoms with E-state index >= 15 is 0 Å². The molecule has 1 aliphatic rings. The molecule has 0 saturated carbocycles. The van der Waals surface area contributed by atoms with E-state index in [9.17, 15) is 0 Å². The fraction of sp³-hybridized carbons (Fsp3) is 0. The second-order valence-electron chi connectivity index (χ2n) is 2.42. The first kappa shape index (κ1) is 8.08. The molecular weight excluding hydrogens is 186 g/mol. The fourth-order valence-electron chi connectivity index (χ4n) is 0.806. The minimum absolute atomic E-state index is 0.0698. The molecule has 0 amide bonds. The Morgan fingerprint density at radius 2 is 2.14 bits per heavy atom. The summed E-state index contributed by atoms with van der Waals surface area (Å²) in [7, 11) is 0. The molecule has 9 heteroatoms. The van der Waals surface area contributed by atoms with Gasteiger partial charge in [-0.05, 0) is 0 Å². The Kier molecular flexibility index (Phi) is 1.58. The van der Waals surface area contributed by atoms with E-state index in [1.165, 1.54) is 0 Å². The van der Waals surface area contributed by atoms with E-state index in [0.29, 0.717) is 0 Å². The predicted molar refractivity (Wildman–Crippen MR) is 49.4 cm³/mol. The van der Waals surface area contributed by atoms with Crippen LogP contribution in [-0.4, -0.2) is 26.6 Å². The summed E-state index contributed by atoms with van der Waals surface area (Å²) in [4.78, 5) is 8.50. The number of aromatic nitrogens is 3. The zero-order valence-electron chi connectivity index (χ0n) is 6.97. The molecule has 0 saturated heterocycles. The van der Waals surface area contributed by atoms with Gasteiger partial charge in [0.2, 0.25) is 17.6 Å². The quantitative estimate of drug-likeness (QED) is 0.357. The highest BCUT2D eigenvalue weighted by atomic mass is 15.5. The summed E-state index contributed by atoms with van der Waals surface area (Å²) < 4.78 is 0. The zero-order chi connectivity index (χ0) is 10.1. The SMILES string of the molecule is NC1=C=NC(c2nc(N)n(N)n2)=NN1. The minimum Gasteiger partial charge on any atom is -0.376 e. The number of aliphatic imine (C=N–C) groups is 1. The lowest BCUT2D eigenvalue weighted by Gasteiger charge is -2.00. The van der Waals surface area contributed by atoms with Crippen LogP contribution < -0.4 is 22.7 Å². The minimum atomic E-state index is 0.0698. The average Bonchev–Trinajstić information content (AvgIpc) is 2.48. The van der Waals surface area contributed by atoms with Gasteiger partial charge in [0.25, 0.3) is 0 Å². The number of hydrogen-bond donors (Lipinski definition) is 4. The van der Waals surface area contributed by atoms with Crippen LogP contribution in [0.2, 0.25) is 0 Å². The number of nitrogens with zero attached hydrogens (tertiary/aromatic N) is 5. The average molecular weight is 193 g/mol. The smallest absolute Gasteiger partial charge is 0.239 e. The van der Waals surface area contributed by atoms with Gasteiger partial charge in [-0.1, -0.05) is 0 Å². The molecule has 1 aromatic rings.